The van der Waals surface area contributed by atoms with E-state index >= 15 is 0 Å². The van der Waals surface area contributed by atoms with E-state index in [1.807, 2.05) is 0 Å². The molecule has 2 heterocycles. The second kappa shape index (κ2) is 16.4. The van der Waals surface area contributed by atoms with Gasteiger partial charge in [-0.2, -0.15) is 0 Å². The van der Waals surface area contributed by atoms with Gasteiger partial charge in [-0.1, -0.05) is 118 Å². The molecule has 2 aliphatic rings. The Hall–Kier alpha value is -0.0301. The van der Waals surface area contributed by atoms with Crippen LogP contribution in [-0.2, 0) is 18.6 Å². The molecule has 2 saturated heterocycles. The second-order valence-corrected chi connectivity index (χ2v) is 13.8. The molecule has 0 aromatic heterocycles. The highest BCUT2D eigenvalue weighted by molar-refractivity contribution is 6.48. The van der Waals surface area contributed by atoms with E-state index in [0.717, 1.165) is 44.9 Å². The van der Waals surface area contributed by atoms with E-state index in [-0.39, 0.29) is 42.5 Å². The van der Waals surface area contributed by atoms with Crippen LogP contribution < -0.4 is 0 Å². The molecule has 2 fully saturated rings. The van der Waals surface area contributed by atoms with Crippen LogP contribution in [0.15, 0.2) is 0 Å². The SMILES string of the molecule is [CH2]C(CCCCC(CCC)B1OC(C)(C)C(C)(C)O1)B1OC(C)(C)C(C)(C)O1.[CH2]CCCCCCCCC. The summed E-state index contributed by atoms with van der Waals surface area (Å²) in [6.45, 7) is 29.6. The van der Waals surface area contributed by atoms with Crippen molar-refractivity contribution in [3.63, 3.8) is 0 Å². The summed E-state index contributed by atoms with van der Waals surface area (Å²) >= 11 is 0. The first-order valence-electron chi connectivity index (χ1n) is 16.0. The molecule has 38 heavy (non-hydrogen) atoms. The van der Waals surface area contributed by atoms with Crippen molar-refractivity contribution in [2.24, 2.45) is 0 Å². The van der Waals surface area contributed by atoms with Gasteiger partial charge in [0.15, 0.2) is 0 Å². The van der Waals surface area contributed by atoms with Crippen molar-refractivity contribution in [2.45, 2.75) is 193 Å². The van der Waals surface area contributed by atoms with Gasteiger partial charge in [-0.25, -0.2) is 0 Å². The maximum atomic E-state index is 6.31. The van der Waals surface area contributed by atoms with Crippen LogP contribution >= 0.6 is 0 Å². The highest BCUT2D eigenvalue weighted by Gasteiger charge is 2.54. The average molecular weight is 534 g/mol. The van der Waals surface area contributed by atoms with Crippen molar-refractivity contribution in [3.05, 3.63) is 13.8 Å². The lowest BCUT2D eigenvalue weighted by Gasteiger charge is -2.32. The first-order chi connectivity index (χ1) is 17.6. The van der Waals surface area contributed by atoms with E-state index in [1.165, 1.54) is 44.9 Å². The van der Waals surface area contributed by atoms with Crippen LogP contribution in [0.3, 0.4) is 0 Å². The Morgan fingerprint density at radius 2 is 0.947 bits per heavy atom. The van der Waals surface area contributed by atoms with Crippen LogP contribution in [0.2, 0.25) is 11.6 Å². The summed E-state index contributed by atoms with van der Waals surface area (Å²) in [5, 5.41) is 0. The molecule has 222 valence electrons. The molecular weight excluding hydrogens is 470 g/mol. The third kappa shape index (κ3) is 11.1. The highest BCUT2D eigenvalue weighted by Crippen LogP contribution is 2.43. The van der Waals surface area contributed by atoms with Gasteiger partial charge in [-0.05, 0) is 67.0 Å². The number of unbranched alkanes of at least 4 members (excludes halogenated alkanes) is 8. The van der Waals surface area contributed by atoms with Gasteiger partial charge in [-0.15, -0.1) is 0 Å². The Morgan fingerprint density at radius 3 is 1.39 bits per heavy atom. The fourth-order valence-corrected chi connectivity index (χ4v) is 5.03. The average Bonchev–Trinajstić information content (AvgIpc) is 3.18. The van der Waals surface area contributed by atoms with Gasteiger partial charge in [0, 0.05) is 0 Å². The predicted molar refractivity (Wildman–Crippen MR) is 166 cm³/mol. The summed E-state index contributed by atoms with van der Waals surface area (Å²) in [5.74, 6) is 0.605. The van der Waals surface area contributed by atoms with E-state index in [4.69, 9.17) is 18.6 Å². The minimum absolute atomic E-state index is 0.0939. The topological polar surface area (TPSA) is 36.9 Å². The van der Waals surface area contributed by atoms with Gasteiger partial charge in [-0.3, -0.25) is 0 Å². The first-order valence-corrected chi connectivity index (χ1v) is 16.0. The minimum atomic E-state index is -0.281. The molecule has 0 aromatic rings. The fraction of sp³-hybridized carbons (Fsp3) is 0.938. The Balaban J connectivity index is 0.000000612. The lowest BCUT2D eigenvalue weighted by Crippen LogP contribution is -2.41. The molecule has 4 nitrogen and oxygen atoms in total. The summed E-state index contributed by atoms with van der Waals surface area (Å²) in [6.07, 6.45) is 17.6. The van der Waals surface area contributed by atoms with E-state index in [2.05, 4.69) is 83.1 Å². The number of hydrogen-bond donors (Lipinski definition) is 0. The lowest BCUT2D eigenvalue weighted by atomic mass is 9.66. The zero-order valence-corrected chi connectivity index (χ0v) is 27.3. The zero-order chi connectivity index (χ0) is 29.0. The van der Waals surface area contributed by atoms with E-state index in [9.17, 15) is 0 Å². The lowest BCUT2D eigenvalue weighted by molar-refractivity contribution is 0.00578. The van der Waals surface area contributed by atoms with Gasteiger partial charge in [0.2, 0.25) is 0 Å². The van der Waals surface area contributed by atoms with Crippen molar-refractivity contribution in [1.82, 2.24) is 0 Å². The van der Waals surface area contributed by atoms with Crippen LogP contribution in [-0.4, -0.2) is 36.6 Å². The molecule has 2 atom stereocenters. The van der Waals surface area contributed by atoms with Gasteiger partial charge in [0.25, 0.3) is 0 Å². The van der Waals surface area contributed by atoms with Crippen LogP contribution in [0.25, 0.3) is 0 Å². The molecule has 0 aliphatic carbocycles. The third-order valence-corrected chi connectivity index (χ3v) is 9.23. The summed E-state index contributed by atoms with van der Waals surface area (Å²) < 4.78 is 24.9. The fourth-order valence-electron chi connectivity index (χ4n) is 5.03. The zero-order valence-electron chi connectivity index (χ0n) is 27.3. The monoisotopic (exact) mass is 534 g/mol. The van der Waals surface area contributed by atoms with E-state index < -0.39 is 0 Å². The molecule has 2 aliphatic heterocycles. The van der Waals surface area contributed by atoms with Crippen molar-refractivity contribution >= 4 is 14.2 Å². The van der Waals surface area contributed by atoms with Gasteiger partial charge < -0.3 is 18.6 Å². The second-order valence-electron chi connectivity index (χ2n) is 13.8. The standard InChI is InChI=1S/C22H43B2O4.C10H21/c1-11-14-18(24-27-21(7,8)22(9,10)28-24)16-13-12-15-17(2)23-25-19(3,4)20(5,6)26-23;1-3-5-7-9-10-8-6-4-2/h17-18H,2,11-16H2,1,3-10H3;1,3-10H2,2H3. The molecule has 6 heteroatoms. The summed E-state index contributed by atoms with van der Waals surface area (Å²) in [7, 11) is -0.303. The molecule has 2 radical (unpaired) electrons. The van der Waals surface area contributed by atoms with Crippen LogP contribution in [0, 0.1) is 13.8 Å². The molecule has 0 bridgehead atoms. The van der Waals surface area contributed by atoms with Crippen LogP contribution in [0.5, 0.6) is 0 Å². The summed E-state index contributed by atoms with van der Waals surface area (Å²) in [5.41, 5.74) is -1.06. The number of rotatable bonds is 16. The van der Waals surface area contributed by atoms with Crippen LogP contribution in [0.1, 0.15) is 159 Å². The van der Waals surface area contributed by atoms with Crippen molar-refractivity contribution in [1.29, 1.82) is 0 Å². The van der Waals surface area contributed by atoms with Crippen molar-refractivity contribution in [2.75, 3.05) is 0 Å². The largest absolute Gasteiger partial charge is 0.461 e. The smallest absolute Gasteiger partial charge is 0.403 e. The van der Waals surface area contributed by atoms with Crippen molar-refractivity contribution in [3.8, 4) is 0 Å². The Labute approximate surface area is 239 Å². The van der Waals surface area contributed by atoms with Crippen LogP contribution in [0.4, 0.5) is 0 Å². The summed E-state index contributed by atoms with van der Waals surface area (Å²) in [4.78, 5) is 0. The maximum absolute atomic E-state index is 6.31. The maximum Gasteiger partial charge on any atom is 0.461 e. The van der Waals surface area contributed by atoms with Gasteiger partial charge in [0.05, 0.1) is 22.4 Å². The van der Waals surface area contributed by atoms with E-state index in [1.54, 1.807) is 0 Å². The molecule has 2 rings (SSSR count). The molecule has 0 saturated carbocycles. The molecule has 0 amide bonds. The first kappa shape index (κ1) is 36.0. The Morgan fingerprint density at radius 1 is 0.526 bits per heavy atom. The Kier molecular flexibility index (Phi) is 15.6. The predicted octanol–water partition coefficient (Wildman–Crippen LogP) is 10.1. The van der Waals surface area contributed by atoms with Gasteiger partial charge >= 0.3 is 14.2 Å². The highest BCUT2D eigenvalue weighted by atomic mass is 16.7. The molecular formula is C32H64B2O4. The normalized spacial score (nSPS) is 22.7. The third-order valence-electron chi connectivity index (χ3n) is 9.23. The quantitative estimate of drug-likeness (QED) is 0.146. The summed E-state index contributed by atoms with van der Waals surface area (Å²) in [6, 6.07) is 0. The molecule has 0 spiro atoms. The van der Waals surface area contributed by atoms with Crippen molar-refractivity contribution < 1.29 is 18.6 Å². The van der Waals surface area contributed by atoms with Gasteiger partial charge in [0.1, 0.15) is 0 Å². The minimum Gasteiger partial charge on any atom is -0.403 e. The molecule has 0 N–H and O–H groups in total. The molecule has 0 aromatic carbocycles. The number of hydrogen-bond acceptors (Lipinski definition) is 4. The molecule has 2 unspecified atom stereocenters. The Bertz CT molecular complexity index is 595. The van der Waals surface area contributed by atoms with E-state index in [0.29, 0.717) is 5.82 Å².